The van der Waals surface area contributed by atoms with Gasteiger partial charge in [-0.2, -0.15) is 0 Å². The molecule has 10 heteroatoms. The van der Waals surface area contributed by atoms with Gasteiger partial charge in [-0.1, -0.05) is 103 Å². The minimum absolute atomic E-state index is 0.108. The van der Waals surface area contributed by atoms with Crippen LogP contribution in [0.1, 0.15) is 24.0 Å². The molecule has 0 aliphatic rings. The second kappa shape index (κ2) is 13.3. The molecule has 6 aromatic rings. The Hall–Kier alpha value is -4.02. The Balaban J connectivity index is 0.000000168. The van der Waals surface area contributed by atoms with Gasteiger partial charge >= 0.3 is 0 Å². The summed E-state index contributed by atoms with van der Waals surface area (Å²) in [6.07, 6.45) is -5.32. The van der Waals surface area contributed by atoms with E-state index in [1.165, 1.54) is 0 Å². The maximum absolute atomic E-state index is 13.5. The fraction of sp³-hybridized carbons (Fsp3) is 0.0625. The molecule has 0 atom stereocenters. The molecule has 0 N–H and O–H groups in total. The van der Waals surface area contributed by atoms with Crippen molar-refractivity contribution in [3.8, 4) is 45.2 Å². The van der Waals surface area contributed by atoms with E-state index in [1.807, 2.05) is 12.1 Å². The predicted octanol–water partition coefficient (Wildman–Crippen LogP) is 11.4. The highest BCUT2D eigenvalue weighted by Crippen LogP contribution is 2.40. The van der Waals surface area contributed by atoms with Crippen LogP contribution in [-0.2, 0) is 0 Å². The molecule has 0 radical (unpaired) electrons. The number of alkyl halides is 4. The molecule has 0 saturated carbocycles. The zero-order chi connectivity index (χ0) is 29.6. The molecular formula is C32H20Br2F4N2O2. The van der Waals surface area contributed by atoms with Crippen LogP contribution >= 0.6 is 31.9 Å². The Morgan fingerprint density at radius 2 is 0.786 bits per heavy atom. The Morgan fingerprint density at radius 1 is 0.452 bits per heavy atom. The largest absolute Gasteiger partial charge is 0.355 e. The Kier molecular flexibility index (Phi) is 9.34. The summed E-state index contributed by atoms with van der Waals surface area (Å²) in [5, 5.41) is 7.68. The van der Waals surface area contributed by atoms with Gasteiger partial charge in [-0.15, -0.1) is 0 Å². The van der Waals surface area contributed by atoms with Crippen LogP contribution in [0.15, 0.2) is 127 Å². The van der Waals surface area contributed by atoms with Gasteiger partial charge in [-0.25, -0.2) is 17.6 Å². The highest BCUT2D eigenvalue weighted by Gasteiger charge is 2.27. The van der Waals surface area contributed by atoms with Crippen LogP contribution in [0, 0.1) is 0 Å². The molecule has 0 spiro atoms. The van der Waals surface area contributed by atoms with Gasteiger partial charge in [0.05, 0.1) is 11.1 Å². The Bertz CT molecular complexity index is 1610. The van der Waals surface area contributed by atoms with E-state index in [2.05, 4.69) is 42.2 Å². The first kappa shape index (κ1) is 29.5. The van der Waals surface area contributed by atoms with E-state index in [-0.39, 0.29) is 34.0 Å². The van der Waals surface area contributed by atoms with E-state index in [0.29, 0.717) is 22.3 Å². The third kappa shape index (κ3) is 6.55. The average molecular weight is 700 g/mol. The number of nitrogens with zero attached hydrogens (tertiary/aromatic N) is 2. The molecule has 212 valence electrons. The van der Waals surface area contributed by atoms with E-state index >= 15 is 0 Å². The third-order valence-corrected chi connectivity index (χ3v) is 7.26. The summed E-state index contributed by atoms with van der Waals surface area (Å²) in [5.41, 5.74) is 2.38. The van der Waals surface area contributed by atoms with Gasteiger partial charge in [0.15, 0.2) is 11.5 Å². The van der Waals surface area contributed by atoms with Gasteiger partial charge in [0.25, 0.3) is 12.9 Å². The lowest BCUT2D eigenvalue weighted by Crippen LogP contribution is -1.90. The molecule has 42 heavy (non-hydrogen) atoms. The maximum Gasteiger partial charge on any atom is 0.269 e. The lowest BCUT2D eigenvalue weighted by Gasteiger charge is -2.03. The Morgan fingerprint density at radius 3 is 1.10 bits per heavy atom. The quantitative estimate of drug-likeness (QED) is 0.162. The van der Waals surface area contributed by atoms with E-state index in [9.17, 15) is 17.6 Å². The van der Waals surface area contributed by atoms with Crippen molar-refractivity contribution in [2.24, 2.45) is 0 Å². The van der Waals surface area contributed by atoms with Crippen LogP contribution in [0.4, 0.5) is 17.6 Å². The lowest BCUT2D eigenvalue weighted by atomic mass is 10.0. The first-order chi connectivity index (χ1) is 20.3. The van der Waals surface area contributed by atoms with Gasteiger partial charge in [-0.05, 0) is 48.5 Å². The summed E-state index contributed by atoms with van der Waals surface area (Å²) in [5.74, 6) is 0.215. The molecule has 2 aromatic heterocycles. The molecule has 0 aliphatic heterocycles. The van der Waals surface area contributed by atoms with Crippen molar-refractivity contribution >= 4 is 31.9 Å². The summed E-state index contributed by atoms with van der Waals surface area (Å²) < 4.78 is 66.0. The highest BCUT2D eigenvalue weighted by atomic mass is 79.9. The standard InChI is InChI=1S/2C16H10BrF2NO/c2*17-12-8-6-11(7-9-12)15-13(16(18)19)14(20-21-15)10-4-2-1-3-5-10/h2*1-9,16H. The SMILES string of the molecule is FC(F)c1c(-c2ccccc2)noc1-c1ccc(Br)cc1.FC(F)c1c(-c2ccccc2)noc1-c1ccc(Br)cc1. The van der Waals surface area contributed by atoms with Gasteiger partial charge < -0.3 is 9.05 Å². The number of benzene rings is 4. The smallest absolute Gasteiger partial charge is 0.269 e. The van der Waals surface area contributed by atoms with Crippen LogP contribution in [0.2, 0.25) is 0 Å². The summed E-state index contributed by atoms with van der Waals surface area (Å²) in [6.45, 7) is 0. The number of halogens is 6. The molecule has 0 saturated heterocycles. The van der Waals surface area contributed by atoms with E-state index < -0.39 is 12.9 Å². The van der Waals surface area contributed by atoms with Crippen molar-refractivity contribution < 1.29 is 26.6 Å². The maximum atomic E-state index is 13.5. The number of aromatic nitrogens is 2. The zero-order valence-electron chi connectivity index (χ0n) is 21.5. The topological polar surface area (TPSA) is 52.1 Å². The second-order valence-electron chi connectivity index (χ2n) is 8.90. The fourth-order valence-corrected chi connectivity index (χ4v) is 4.76. The van der Waals surface area contributed by atoms with Crippen LogP contribution < -0.4 is 0 Å². The van der Waals surface area contributed by atoms with Gasteiger partial charge in [0.2, 0.25) is 0 Å². The molecule has 2 heterocycles. The zero-order valence-corrected chi connectivity index (χ0v) is 24.7. The van der Waals surface area contributed by atoms with E-state index in [1.54, 1.807) is 97.1 Å². The summed E-state index contributed by atoms with van der Waals surface area (Å²) in [6, 6.07) is 31.6. The monoisotopic (exact) mass is 698 g/mol. The average Bonchev–Trinajstić information content (AvgIpc) is 3.65. The van der Waals surface area contributed by atoms with Gasteiger partial charge in [-0.3, -0.25) is 0 Å². The lowest BCUT2D eigenvalue weighted by molar-refractivity contribution is 0.151. The van der Waals surface area contributed by atoms with Crippen LogP contribution in [-0.4, -0.2) is 10.3 Å². The molecule has 0 unspecified atom stereocenters. The van der Waals surface area contributed by atoms with Crippen molar-refractivity contribution in [1.82, 2.24) is 10.3 Å². The second-order valence-corrected chi connectivity index (χ2v) is 10.7. The van der Waals surface area contributed by atoms with E-state index in [0.717, 1.165) is 8.95 Å². The number of hydrogen-bond donors (Lipinski definition) is 0. The molecule has 6 rings (SSSR count). The minimum atomic E-state index is -2.66. The van der Waals surface area contributed by atoms with Crippen LogP contribution in [0.3, 0.4) is 0 Å². The van der Waals surface area contributed by atoms with Crippen molar-refractivity contribution in [3.63, 3.8) is 0 Å². The molecular weight excluding hydrogens is 680 g/mol. The van der Waals surface area contributed by atoms with Crippen molar-refractivity contribution in [2.45, 2.75) is 12.9 Å². The predicted molar refractivity (Wildman–Crippen MR) is 160 cm³/mol. The van der Waals surface area contributed by atoms with Crippen LogP contribution in [0.5, 0.6) is 0 Å². The number of rotatable bonds is 6. The fourth-order valence-electron chi connectivity index (χ4n) is 4.23. The molecule has 0 fully saturated rings. The normalized spacial score (nSPS) is 11.0. The molecule has 0 aliphatic carbocycles. The first-order valence-electron chi connectivity index (χ1n) is 12.5. The van der Waals surface area contributed by atoms with Gasteiger partial charge in [0, 0.05) is 31.2 Å². The first-order valence-corrected chi connectivity index (χ1v) is 14.1. The molecule has 0 amide bonds. The summed E-state index contributed by atoms with van der Waals surface area (Å²) in [4.78, 5) is 0. The molecule has 4 aromatic carbocycles. The van der Waals surface area contributed by atoms with Crippen LogP contribution in [0.25, 0.3) is 45.2 Å². The van der Waals surface area contributed by atoms with Crippen molar-refractivity contribution in [3.05, 3.63) is 129 Å². The molecule has 4 nitrogen and oxygen atoms in total. The molecule has 0 bridgehead atoms. The van der Waals surface area contributed by atoms with Gasteiger partial charge in [0.1, 0.15) is 11.4 Å². The minimum Gasteiger partial charge on any atom is -0.355 e. The van der Waals surface area contributed by atoms with Crippen molar-refractivity contribution in [2.75, 3.05) is 0 Å². The summed E-state index contributed by atoms with van der Waals surface area (Å²) >= 11 is 6.63. The van der Waals surface area contributed by atoms with E-state index in [4.69, 9.17) is 9.05 Å². The highest BCUT2D eigenvalue weighted by molar-refractivity contribution is 9.10. The number of hydrogen-bond acceptors (Lipinski definition) is 4. The third-order valence-electron chi connectivity index (χ3n) is 6.20. The summed E-state index contributed by atoms with van der Waals surface area (Å²) in [7, 11) is 0. The van der Waals surface area contributed by atoms with Crippen molar-refractivity contribution in [1.29, 1.82) is 0 Å². The Labute approximate surface area is 255 Å².